The minimum atomic E-state index is -0.845. The molecule has 5 nitrogen and oxygen atoms in total. The zero-order valence-electron chi connectivity index (χ0n) is 10.4. The van der Waals surface area contributed by atoms with Crippen LogP contribution in [0.15, 0.2) is 23.1 Å². The summed E-state index contributed by atoms with van der Waals surface area (Å²) in [5, 5.41) is 0. The van der Waals surface area contributed by atoms with Crippen molar-refractivity contribution >= 4 is 11.6 Å². The third kappa shape index (κ3) is 1.24. The number of aromatic nitrogens is 2. The number of carbonyl (C=O) groups is 1. The lowest BCUT2D eigenvalue weighted by Crippen LogP contribution is -2.24. The van der Waals surface area contributed by atoms with Gasteiger partial charge < -0.3 is 4.74 Å². The number of hydrogen-bond donors (Lipinski definition) is 0. The number of hydrogen-bond acceptors (Lipinski definition) is 4. The number of pyridine rings is 1. The van der Waals surface area contributed by atoms with Gasteiger partial charge in [-0.05, 0) is 32.4 Å². The smallest absolute Gasteiger partial charge is 0.346 e. The summed E-state index contributed by atoms with van der Waals surface area (Å²) < 4.78 is 6.58. The topological polar surface area (TPSA) is 60.7 Å². The van der Waals surface area contributed by atoms with E-state index in [9.17, 15) is 9.59 Å². The Labute approximate surface area is 103 Å². The predicted molar refractivity (Wildman–Crippen MR) is 64.6 cm³/mol. The number of ether oxygens (including phenoxy) is 1. The SMILES string of the molecule is Cc1cccn2c(=O)c3c(nc12)C(C)(C)OC3=O. The third-order valence-corrected chi connectivity index (χ3v) is 3.17. The molecule has 3 heterocycles. The predicted octanol–water partition coefficient (Wildman–Crippen LogP) is 1.41. The average Bonchev–Trinajstić information content (AvgIpc) is 2.51. The molecule has 0 aromatic carbocycles. The highest BCUT2D eigenvalue weighted by atomic mass is 16.6. The zero-order chi connectivity index (χ0) is 13.1. The molecule has 0 aliphatic carbocycles. The van der Waals surface area contributed by atoms with Crippen molar-refractivity contribution in [3.63, 3.8) is 0 Å². The molecule has 2 aromatic rings. The van der Waals surface area contributed by atoms with Gasteiger partial charge in [0.2, 0.25) is 0 Å². The lowest BCUT2D eigenvalue weighted by atomic mass is 10.0. The summed E-state index contributed by atoms with van der Waals surface area (Å²) >= 11 is 0. The second kappa shape index (κ2) is 3.19. The van der Waals surface area contributed by atoms with Crippen LogP contribution in [0.25, 0.3) is 5.65 Å². The van der Waals surface area contributed by atoms with Crippen LogP contribution in [0.1, 0.15) is 35.5 Å². The molecule has 0 N–H and O–H groups in total. The van der Waals surface area contributed by atoms with E-state index >= 15 is 0 Å². The molecule has 0 fully saturated rings. The van der Waals surface area contributed by atoms with Gasteiger partial charge in [0.15, 0.2) is 5.56 Å². The molecule has 3 rings (SSSR count). The van der Waals surface area contributed by atoms with Crippen LogP contribution in [0.4, 0.5) is 0 Å². The van der Waals surface area contributed by atoms with Crippen LogP contribution >= 0.6 is 0 Å². The molecule has 0 bridgehead atoms. The molecule has 0 amide bonds. The summed E-state index contributed by atoms with van der Waals surface area (Å²) in [5.41, 5.74) is 0.701. The summed E-state index contributed by atoms with van der Waals surface area (Å²) in [6.45, 7) is 5.34. The lowest BCUT2D eigenvalue weighted by molar-refractivity contribution is 0.00834. The highest BCUT2D eigenvalue weighted by Gasteiger charge is 2.42. The molecule has 0 atom stereocenters. The first-order chi connectivity index (χ1) is 8.42. The first kappa shape index (κ1) is 11.0. The quantitative estimate of drug-likeness (QED) is 0.657. The molecule has 1 aliphatic rings. The minimum absolute atomic E-state index is 0.0445. The van der Waals surface area contributed by atoms with E-state index < -0.39 is 11.6 Å². The van der Waals surface area contributed by atoms with Crippen molar-refractivity contribution in [2.75, 3.05) is 0 Å². The van der Waals surface area contributed by atoms with Gasteiger partial charge in [-0.1, -0.05) is 6.07 Å². The van der Waals surface area contributed by atoms with Gasteiger partial charge >= 0.3 is 5.97 Å². The van der Waals surface area contributed by atoms with Crippen LogP contribution in [0, 0.1) is 6.92 Å². The molecular formula is C13H12N2O3. The Hall–Kier alpha value is -2.17. The maximum atomic E-state index is 12.3. The van der Waals surface area contributed by atoms with Crippen molar-refractivity contribution in [3.05, 3.63) is 45.5 Å². The van der Waals surface area contributed by atoms with Crippen LogP contribution in [-0.2, 0) is 10.3 Å². The van der Waals surface area contributed by atoms with E-state index in [-0.39, 0.29) is 11.1 Å². The van der Waals surface area contributed by atoms with Crippen LogP contribution < -0.4 is 5.56 Å². The van der Waals surface area contributed by atoms with Gasteiger partial charge in [-0.3, -0.25) is 9.20 Å². The van der Waals surface area contributed by atoms with Crippen molar-refractivity contribution in [2.45, 2.75) is 26.4 Å². The fourth-order valence-corrected chi connectivity index (χ4v) is 2.25. The summed E-state index contributed by atoms with van der Waals surface area (Å²) in [6, 6.07) is 3.63. The molecular weight excluding hydrogens is 232 g/mol. The Morgan fingerprint density at radius 3 is 2.78 bits per heavy atom. The molecule has 0 saturated carbocycles. The second-order valence-corrected chi connectivity index (χ2v) is 4.93. The molecule has 0 spiro atoms. The van der Waals surface area contributed by atoms with E-state index in [0.717, 1.165) is 5.56 Å². The highest BCUT2D eigenvalue weighted by Crippen LogP contribution is 2.32. The number of fused-ring (bicyclic) bond motifs is 2. The summed E-state index contributed by atoms with van der Waals surface area (Å²) in [5.74, 6) is -0.594. The Kier molecular flexibility index (Phi) is 1.94. The van der Waals surface area contributed by atoms with Gasteiger partial charge in [-0.2, -0.15) is 0 Å². The fourth-order valence-electron chi connectivity index (χ4n) is 2.25. The van der Waals surface area contributed by atoms with E-state index in [1.54, 1.807) is 26.1 Å². The fraction of sp³-hybridized carbons (Fsp3) is 0.308. The Morgan fingerprint density at radius 2 is 2.06 bits per heavy atom. The van der Waals surface area contributed by atoms with E-state index in [4.69, 9.17) is 4.74 Å². The van der Waals surface area contributed by atoms with Gasteiger partial charge in [0.25, 0.3) is 5.56 Å². The second-order valence-electron chi connectivity index (χ2n) is 4.93. The van der Waals surface area contributed by atoms with Crippen molar-refractivity contribution < 1.29 is 9.53 Å². The number of carbonyl (C=O) groups excluding carboxylic acids is 1. The van der Waals surface area contributed by atoms with Gasteiger partial charge in [0, 0.05) is 6.20 Å². The first-order valence-electron chi connectivity index (χ1n) is 5.67. The summed E-state index contributed by atoms with van der Waals surface area (Å²) in [4.78, 5) is 28.5. The Morgan fingerprint density at radius 1 is 1.33 bits per heavy atom. The molecule has 0 unspecified atom stereocenters. The van der Waals surface area contributed by atoms with Crippen LogP contribution in [-0.4, -0.2) is 15.4 Å². The number of cyclic esters (lactones) is 1. The first-order valence-corrected chi connectivity index (χ1v) is 5.67. The molecule has 5 heteroatoms. The number of nitrogens with zero attached hydrogens (tertiary/aromatic N) is 2. The van der Waals surface area contributed by atoms with E-state index in [1.165, 1.54) is 4.40 Å². The standard InChI is InChI=1S/C13H12N2O3/c1-7-5-4-6-15-10(7)14-9-8(11(15)16)12(17)18-13(9,2)3/h4-6H,1-3H3. The normalized spacial score (nSPS) is 16.7. The third-order valence-electron chi connectivity index (χ3n) is 3.17. The number of aryl methyl sites for hydroxylation is 1. The number of rotatable bonds is 0. The van der Waals surface area contributed by atoms with Gasteiger partial charge in [-0.25, -0.2) is 9.78 Å². The minimum Gasteiger partial charge on any atom is -0.449 e. The maximum Gasteiger partial charge on any atom is 0.346 e. The highest BCUT2D eigenvalue weighted by molar-refractivity contribution is 5.94. The average molecular weight is 244 g/mol. The zero-order valence-corrected chi connectivity index (χ0v) is 10.4. The largest absolute Gasteiger partial charge is 0.449 e. The Bertz CT molecular complexity index is 744. The van der Waals surface area contributed by atoms with Crippen molar-refractivity contribution in [3.8, 4) is 0 Å². The summed E-state index contributed by atoms with van der Waals surface area (Å²) in [7, 11) is 0. The van der Waals surface area contributed by atoms with Crippen LogP contribution in [0.5, 0.6) is 0 Å². The van der Waals surface area contributed by atoms with Crippen LogP contribution in [0.3, 0.4) is 0 Å². The van der Waals surface area contributed by atoms with E-state index in [0.29, 0.717) is 11.3 Å². The van der Waals surface area contributed by atoms with Crippen LogP contribution in [0.2, 0.25) is 0 Å². The maximum absolute atomic E-state index is 12.3. The lowest BCUT2D eigenvalue weighted by Gasteiger charge is -2.16. The van der Waals surface area contributed by atoms with Gasteiger partial charge in [0.05, 0.1) is 0 Å². The van der Waals surface area contributed by atoms with E-state index in [2.05, 4.69) is 4.98 Å². The molecule has 0 saturated heterocycles. The number of esters is 1. The van der Waals surface area contributed by atoms with Gasteiger partial charge in [0.1, 0.15) is 16.9 Å². The van der Waals surface area contributed by atoms with Gasteiger partial charge in [-0.15, -0.1) is 0 Å². The monoisotopic (exact) mass is 244 g/mol. The van der Waals surface area contributed by atoms with Crippen molar-refractivity contribution in [1.29, 1.82) is 0 Å². The molecule has 2 aromatic heterocycles. The molecule has 1 aliphatic heterocycles. The van der Waals surface area contributed by atoms with Crippen molar-refractivity contribution in [1.82, 2.24) is 9.38 Å². The van der Waals surface area contributed by atoms with Crippen molar-refractivity contribution in [2.24, 2.45) is 0 Å². The van der Waals surface area contributed by atoms with E-state index in [1.807, 2.05) is 13.0 Å². The molecule has 18 heavy (non-hydrogen) atoms. The summed E-state index contributed by atoms with van der Waals surface area (Å²) in [6.07, 6.45) is 1.61. The molecule has 0 radical (unpaired) electrons. The Balaban J connectivity index is 2.54. The molecule has 92 valence electrons.